The third-order valence-electron chi connectivity index (χ3n) is 2.80. The number of imidazole rings is 1. The largest absolute Gasteiger partial charge is 0.480 e. The van der Waals surface area contributed by atoms with Crippen LogP contribution in [0.15, 0.2) is 34.9 Å². The van der Waals surface area contributed by atoms with Crippen molar-refractivity contribution < 1.29 is 14.4 Å². The molecule has 0 aliphatic rings. The van der Waals surface area contributed by atoms with E-state index < -0.39 is 5.97 Å². The van der Waals surface area contributed by atoms with Crippen LogP contribution >= 0.6 is 0 Å². The second kappa shape index (κ2) is 4.24. The van der Waals surface area contributed by atoms with Gasteiger partial charge in [0.25, 0.3) is 0 Å². The highest BCUT2D eigenvalue weighted by atomic mass is 16.5. The zero-order valence-corrected chi connectivity index (χ0v) is 10.2. The maximum absolute atomic E-state index is 11.0. The second-order valence-corrected chi connectivity index (χ2v) is 4.23. The van der Waals surface area contributed by atoms with E-state index in [1.807, 2.05) is 24.3 Å². The van der Waals surface area contributed by atoms with Gasteiger partial charge < -0.3 is 14.2 Å². The molecule has 0 spiro atoms. The molecule has 3 rings (SSSR count). The van der Waals surface area contributed by atoms with E-state index in [0.29, 0.717) is 17.3 Å². The quantitative estimate of drug-likeness (QED) is 0.776. The van der Waals surface area contributed by atoms with Crippen LogP contribution in [-0.4, -0.2) is 25.8 Å². The lowest BCUT2D eigenvalue weighted by molar-refractivity contribution is -0.137. The summed E-state index contributed by atoms with van der Waals surface area (Å²) in [4.78, 5) is 15.4. The lowest BCUT2D eigenvalue weighted by atomic mass is 10.3. The Hall–Kier alpha value is -2.63. The van der Waals surface area contributed by atoms with Gasteiger partial charge in [0.1, 0.15) is 18.0 Å². The van der Waals surface area contributed by atoms with Crippen molar-refractivity contribution in [3.63, 3.8) is 0 Å². The maximum atomic E-state index is 11.0. The van der Waals surface area contributed by atoms with Gasteiger partial charge >= 0.3 is 5.97 Å². The number of aliphatic carboxylic acids is 1. The molecule has 1 N–H and O–H groups in total. The van der Waals surface area contributed by atoms with Gasteiger partial charge in [-0.2, -0.15) is 0 Å². The highest BCUT2D eigenvalue weighted by Gasteiger charge is 2.17. The van der Waals surface area contributed by atoms with Crippen molar-refractivity contribution in [1.29, 1.82) is 0 Å². The lowest BCUT2D eigenvalue weighted by Crippen LogP contribution is -2.10. The molecule has 0 saturated carbocycles. The number of carbonyl (C=O) groups is 1. The fourth-order valence-electron chi connectivity index (χ4n) is 2.04. The van der Waals surface area contributed by atoms with E-state index in [-0.39, 0.29) is 6.54 Å². The minimum absolute atomic E-state index is 0.165. The summed E-state index contributed by atoms with van der Waals surface area (Å²) in [6, 6.07) is 9.11. The Morgan fingerprint density at radius 3 is 2.89 bits per heavy atom. The van der Waals surface area contributed by atoms with E-state index in [2.05, 4.69) is 10.1 Å². The molecule has 0 atom stereocenters. The van der Waals surface area contributed by atoms with Crippen LogP contribution in [0.3, 0.4) is 0 Å². The number of aryl methyl sites for hydroxylation is 1. The SMILES string of the molecule is Cc1cc(-c2nc3ccccc3n2CC(=O)O)no1. The van der Waals surface area contributed by atoms with Crippen molar-refractivity contribution in [2.24, 2.45) is 0 Å². The summed E-state index contributed by atoms with van der Waals surface area (Å²) in [5, 5.41) is 12.9. The minimum Gasteiger partial charge on any atom is -0.480 e. The van der Waals surface area contributed by atoms with E-state index in [9.17, 15) is 4.79 Å². The second-order valence-electron chi connectivity index (χ2n) is 4.23. The molecule has 2 aromatic heterocycles. The highest BCUT2D eigenvalue weighted by molar-refractivity contribution is 5.82. The molecule has 1 aromatic carbocycles. The number of aromatic nitrogens is 3. The van der Waals surface area contributed by atoms with Crippen molar-refractivity contribution in [2.45, 2.75) is 13.5 Å². The Balaban J connectivity index is 2.25. The van der Waals surface area contributed by atoms with Crippen LogP contribution in [0, 0.1) is 6.92 Å². The van der Waals surface area contributed by atoms with Crippen LogP contribution in [0.4, 0.5) is 0 Å². The number of carboxylic acids is 1. The Morgan fingerprint density at radius 1 is 1.42 bits per heavy atom. The van der Waals surface area contributed by atoms with Crippen molar-refractivity contribution in [1.82, 2.24) is 14.7 Å². The Bertz CT molecular complexity index is 757. The van der Waals surface area contributed by atoms with Crippen molar-refractivity contribution >= 4 is 17.0 Å². The summed E-state index contributed by atoms with van der Waals surface area (Å²) >= 11 is 0. The Kier molecular flexibility index (Phi) is 2.56. The number of benzene rings is 1. The predicted molar refractivity (Wildman–Crippen MR) is 67.6 cm³/mol. The first kappa shape index (κ1) is 11.5. The first-order valence-electron chi connectivity index (χ1n) is 5.76. The first-order chi connectivity index (χ1) is 9.15. The first-order valence-corrected chi connectivity index (χ1v) is 5.76. The molecule has 2 heterocycles. The van der Waals surface area contributed by atoms with Gasteiger partial charge in [-0.15, -0.1) is 0 Å². The van der Waals surface area contributed by atoms with Crippen molar-refractivity contribution in [2.75, 3.05) is 0 Å². The number of carboxylic acid groups (broad SMARTS) is 1. The number of fused-ring (bicyclic) bond motifs is 1. The molecule has 6 nitrogen and oxygen atoms in total. The van der Waals surface area contributed by atoms with E-state index in [0.717, 1.165) is 11.0 Å². The molecule has 0 aliphatic carbocycles. The maximum Gasteiger partial charge on any atom is 0.323 e. The van der Waals surface area contributed by atoms with E-state index >= 15 is 0 Å². The molecule has 19 heavy (non-hydrogen) atoms. The summed E-state index contributed by atoms with van der Waals surface area (Å²) in [7, 11) is 0. The lowest BCUT2D eigenvalue weighted by Gasteiger charge is -2.03. The van der Waals surface area contributed by atoms with E-state index in [4.69, 9.17) is 9.63 Å². The fraction of sp³-hybridized carbons (Fsp3) is 0.154. The zero-order chi connectivity index (χ0) is 13.4. The molecule has 0 saturated heterocycles. The summed E-state index contributed by atoms with van der Waals surface area (Å²) in [6.07, 6.45) is 0. The van der Waals surface area contributed by atoms with Gasteiger partial charge in [-0.3, -0.25) is 4.79 Å². The number of hydrogen-bond acceptors (Lipinski definition) is 4. The van der Waals surface area contributed by atoms with Crippen LogP contribution in [-0.2, 0) is 11.3 Å². The van der Waals surface area contributed by atoms with Gasteiger partial charge in [-0.05, 0) is 19.1 Å². The fourth-order valence-corrected chi connectivity index (χ4v) is 2.04. The van der Waals surface area contributed by atoms with Gasteiger partial charge in [0, 0.05) is 6.07 Å². The predicted octanol–water partition coefficient (Wildman–Crippen LogP) is 2.08. The third kappa shape index (κ3) is 1.97. The average Bonchev–Trinajstić information content (AvgIpc) is 2.94. The normalized spacial score (nSPS) is 11.0. The van der Waals surface area contributed by atoms with Crippen LogP contribution in [0.1, 0.15) is 5.76 Å². The smallest absolute Gasteiger partial charge is 0.323 e. The molecule has 0 aliphatic heterocycles. The van der Waals surface area contributed by atoms with Gasteiger partial charge in [0.2, 0.25) is 0 Å². The Labute approximate surface area is 108 Å². The number of hydrogen-bond donors (Lipinski definition) is 1. The number of rotatable bonds is 3. The van der Waals surface area contributed by atoms with Gasteiger partial charge in [-0.1, -0.05) is 17.3 Å². The topological polar surface area (TPSA) is 81.2 Å². The van der Waals surface area contributed by atoms with E-state index in [1.165, 1.54) is 0 Å². The molecule has 0 bridgehead atoms. The highest BCUT2D eigenvalue weighted by Crippen LogP contribution is 2.24. The van der Waals surface area contributed by atoms with Gasteiger partial charge in [0.15, 0.2) is 5.82 Å². The zero-order valence-electron chi connectivity index (χ0n) is 10.2. The molecule has 3 aromatic rings. The molecule has 0 unspecified atom stereocenters. The van der Waals surface area contributed by atoms with Gasteiger partial charge in [-0.25, -0.2) is 4.98 Å². The third-order valence-corrected chi connectivity index (χ3v) is 2.80. The van der Waals surface area contributed by atoms with Crippen LogP contribution < -0.4 is 0 Å². The van der Waals surface area contributed by atoms with Crippen LogP contribution in [0.25, 0.3) is 22.6 Å². The summed E-state index contributed by atoms with van der Waals surface area (Å²) < 4.78 is 6.64. The van der Waals surface area contributed by atoms with E-state index in [1.54, 1.807) is 17.6 Å². The number of para-hydroxylation sites is 2. The molecule has 6 heteroatoms. The molecule has 96 valence electrons. The van der Waals surface area contributed by atoms with Gasteiger partial charge in [0.05, 0.1) is 11.0 Å². The van der Waals surface area contributed by atoms with Crippen molar-refractivity contribution in [3.05, 3.63) is 36.1 Å². The molecule has 0 radical (unpaired) electrons. The standard InChI is InChI=1S/C13H11N3O3/c1-8-6-10(15-19-8)13-14-9-4-2-3-5-11(9)16(13)7-12(17)18/h2-6H,7H2,1H3,(H,17,18). The monoisotopic (exact) mass is 257 g/mol. The average molecular weight is 257 g/mol. The molecular weight excluding hydrogens is 246 g/mol. The van der Waals surface area contributed by atoms with Crippen molar-refractivity contribution in [3.8, 4) is 11.5 Å². The van der Waals surface area contributed by atoms with Crippen LogP contribution in [0.2, 0.25) is 0 Å². The summed E-state index contributed by atoms with van der Waals surface area (Å²) in [6.45, 7) is 1.61. The molecule has 0 amide bonds. The summed E-state index contributed by atoms with van der Waals surface area (Å²) in [5.74, 6) is 0.231. The summed E-state index contributed by atoms with van der Waals surface area (Å²) in [5.41, 5.74) is 2.04. The van der Waals surface area contributed by atoms with Crippen LogP contribution in [0.5, 0.6) is 0 Å². The Morgan fingerprint density at radius 2 is 2.21 bits per heavy atom. The minimum atomic E-state index is -0.926. The number of nitrogens with zero attached hydrogens (tertiary/aromatic N) is 3. The molecule has 0 fully saturated rings. The molecular formula is C13H11N3O3.